The Morgan fingerprint density at radius 3 is 2.78 bits per heavy atom. The van der Waals surface area contributed by atoms with Crippen molar-refractivity contribution in [2.45, 2.75) is 13.1 Å². The van der Waals surface area contributed by atoms with Gasteiger partial charge in [-0.15, -0.1) is 0 Å². The summed E-state index contributed by atoms with van der Waals surface area (Å²) < 4.78 is 31.8. The topological polar surface area (TPSA) is 63.5 Å². The molecule has 0 aliphatic heterocycles. The quantitative estimate of drug-likeness (QED) is 0.465. The number of halogens is 2. The number of guanidine groups is 1. The minimum Gasteiger partial charge on any atom is -0.492 e. The van der Waals surface area contributed by atoms with Crippen molar-refractivity contribution in [1.29, 1.82) is 0 Å². The van der Waals surface area contributed by atoms with Crippen molar-refractivity contribution in [2.75, 3.05) is 20.2 Å². The van der Waals surface area contributed by atoms with Crippen LogP contribution in [-0.2, 0) is 6.54 Å². The summed E-state index contributed by atoms with van der Waals surface area (Å²) in [7, 11) is 1.60. The minimum atomic E-state index is -2.61. The number of imidazole rings is 1. The van der Waals surface area contributed by atoms with Crippen LogP contribution >= 0.6 is 0 Å². The Balaban J connectivity index is 1.72. The zero-order valence-electron chi connectivity index (χ0n) is 12.7. The minimum absolute atomic E-state index is 0.149. The van der Waals surface area contributed by atoms with Crippen LogP contribution in [-0.4, -0.2) is 35.7 Å². The number of nitrogens with zero attached hydrogens (tertiary/aromatic N) is 3. The molecule has 2 rings (SSSR count). The van der Waals surface area contributed by atoms with Gasteiger partial charge in [0.1, 0.15) is 18.2 Å². The average molecular weight is 323 g/mol. The molecule has 0 aliphatic carbocycles. The van der Waals surface area contributed by atoms with Gasteiger partial charge in [0, 0.05) is 19.4 Å². The molecule has 1 aromatic carbocycles. The maximum Gasteiger partial charge on any atom is 0.319 e. The van der Waals surface area contributed by atoms with Gasteiger partial charge in [-0.1, -0.05) is 18.2 Å². The number of alkyl halides is 2. The number of para-hydroxylation sites is 1. The molecule has 2 N–H and O–H groups in total. The standard InChI is InChI=1S/C15H19F2N5O/c1-18-15(20-8-10-23-12-5-3-2-4-6-12)21-11-13-19-7-9-22(13)14(16)17/h2-7,9,14H,8,10-11H2,1H3,(H2,18,20,21). The van der Waals surface area contributed by atoms with Crippen LogP contribution in [0.2, 0.25) is 0 Å². The fourth-order valence-corrected chi connectivity index (χ4v) is 1.90. The van der Waals surface area contributed by atoms with E-state index in [2.05, 4.69) is 20.6 Å². The Morgan fingerprint density at radius 1 is 1.30 bits per heavy atom. The lowest BCUT2D eigenvalue weighted by molar-refractivity contribution is 0.0668. The summed E-state index contributed by atoms with van der Waals surface area (Å²) in [5.41, 5.74) is 0. The summed E-state index contributed by atoms with van der Waals surface area (Å²) in [5.74, 6) is 1.52. The Morgan fingerprint density at radius 2 is 2.09 bits per heavy atom. The second-order valence-electron chi connectivity index (χ2n) is 4.54. The summed E-state index contributed by atoms with van der Waals surface area (Å²) in [4.78, 5) is 7.91. The lowest BCUT2D eigenvalue weighted by atomic mass is 10.3. The molecule has 0 spiro atoms. The third-order valence-electron chi connectivity index (χ3n) is 3.00. The van der Waals surface area contributed by atoms with E-state index in [1.807, 2.05) is 30.3 Å². The average Bonchev–Trinajstić information content (AvgIpc) is 3.04. The molecular weight excluding hydrogens is 304 g/mol. The van der Waals surface area contributed by atoms with Gasteiger partial charge in [0.05, 0.1) is 13.1 Å². The Labute approximate surface area is 133 Å². The number of rotatable bonds is 7. The Bertz CT molecular complexity index is 615. The van der Waals surface area contributed by atoms with E-state index in [1.54, 1.807) is 7.05 Å². The van der Waals surface area contributed by atoms with Gasteiger partial charge >= 0.3 is 6.55 Å². The largest absolute Gasteiger partial charge is 0.492 e. The lowest BCUT2D eigenvalue weighted by Crippen LogP contribution is -2.39. The highest BCUT2D eigenvalue weighted by atomic mass is 19.3. The van der Waals surface area contributed by atoms with Gasteiger partial charge in [-0.25, -0.2) is 4.98 Å². The molecule has 0 radical (unpaired) electrons. The van der Waals surface area contributed by atoms with Crippen LogP contribution in [0.1, 0.15) is 12.4 Å². The molecule has 0 bridgehead atoms. The van der Waals surface area contributed by atoms with E-state index in [0.29, 0.717) is 19.1 Å². The van der Waals surface area contributed by atoms with Crippen molar-refractivity contribution < 1.29 is 13.5 Å². The number of aliphatic imine (C=N–C) groups is 1. The van der Waals surface area contributed by atoms with Gasteiger partial charge in [0.25, 0.3) is 0 Å². The molecule has 0 amide bonds. The fraction of sp³-hybridized carbons (Fsp3) is 0.333. The third kappa shape index (κ3) is 5.24. The van der Waals surface area contributed by atoms with Crippen LogP contribution in [0.5, 0.6) is 5.75 Å². The van der Waals surface area contributed by atoms with Crippen molar-refractivity contribution in [2.24, 2.45) is 4.99 Å². The molecule has 8 heteroatoms. The van der Waals surface area contributed by atoms with Crippen LogP contribution in [0.25, 0.3) is 0 Å². The van der Waals surface area contributed by atoms with Crippen LogP contribution in [0.3, 0.4) is 0 Å². The maximum atomic E-state index is 12.7. The van der Waals surface area contributed by atoms with Crippen LogP contribution in [0.15, 0.2) is 47.7 Å². The second-order valence-corrected chi connectivity index (χ2v) is 4.54. The number of benzene rings is 1. The van der Waals surface area contributed by atoms with E-state index >= 15 is 0 Å². The first-order valence-corrected chi connectivity index (χ1v) is 7.13. The fourth-order valence-electron chi connectivity index (χ4n) is 1.90. The highest BCUT2D eigenvalue weighted by Crippen LogP contribution is 2.11. The normalized spacial score (nSPS) is 11.6. The van der Waals surface area contributed by atoms with Crippen LogP contribution < -0.4 is 15.4 Å². The Kier molecular flexibility index (Phi) is 6.34. The lowest BCUT2D eigenvalue weighted by Gasteiger charge is -2.13. The number of aromatic nitrogens is 2. The number of nitrogens with one attached hydrogen (secondary N) is 2. The van der Waals surface area contributed by atoms with E-state index in [-0.39, 0.29) is 12.4 Å². The maximum absolute atomic E-state index is 12.7. The van der Waals surface area contributed by atoms with Gasteiger partial charge in [-0.2, -0.15) is 8.78 Å². The molecule has 23 heavy (non-hydrogen) atoms. The van der Waals surface area contributed by atoms with Gasteiger partial charge in [-0.05, 0) is 12.1 Å². The summed E-state index contributed by atoms with van der Waals surface area (Å²) in [5, 5.41) is 5.97. The van der Waals surface area contributed by atoms with Crippen molar-refractivity contribution >= 4 is 5.96 Å². The Hall–Kier alpha value is -2.64. The molecule has 6 nitrogen and oxygen atoms in total. The molecule has 0 unspecified atom stereocenters. The predicted molar refractivity (Wildman–Crippen MR) is 83.6 cm³/mol. The zero-order valence-corrected chi connectivity index (χ0v) is 12.7. The number of hydrogen-bond donors (Lipinski definition) is 2. The number of ether oxygens (including phenoxy) is 1. The van der Waals surface area contributed by atoms with Crippen LogP contribution in [0.4, 0.5) is 8.78 Å². The molecule has 2 aromatic rings. The molecule has 0 aliphatic rings. The van der Waals surface area contributed by atoms with Crippen molar-refractivity contribution in [3.8, 4) is 5.75 Å². The summed E-state index contributed by atoms with van der Waals surface area (Å²) >= 11 is 0. The van der Waals surface area contributed by atoms with Gasteiger partial charge in [-0.3, -0.25) is 9.56 Å². The number of hydrogen-bond acceptors (Lipinski definition) is 3. The first kappa shape index (κ1) is 16.7. The summed E-state index contributed by atoms with van der Waals surface area (Å²) in [6, 6.07) is 9.46. The molecular formula is C15H19F2N5O. The smallest absolute Gasteiger partial charge is 0.319 e. The molecule has 1 heterocycles. The predicted octanol–water partition coefficient (Wildman–Crippen LogP) is 2.02. The molecule has 0 saturated carbocycles. The summed E-state index contributed by atoms with van der Waals surface area (Å²) in [6.45, 7) is -1.48. The SMILES string of the molecule is CN=C(NCCOc1ccccc1)NCc1nccn1C(F)F. The molecule has 0 fully saturated rings. The molecule has 124 valence electrons. The van der Waals surface area contributed by atoms with E-state index < -0.39 is 6.55 Å². The monoisotopic (exact) mass is 323 g/mol. The molecule has 0 saturated heterocycles. The molecule has 1 aromatic heterocycles. The van der Waals surface area contributed by atoms with Crippen molar-refractivity contribution in [1.82, 2.24) is 20.2 Å². The second kappa shape index (κ2) is 8.72. The van der Waals surface area contributed by atoms with E-state index in [1.165, 1.54) is 12.4 Å². The van der Waals surface area contributed by atoms with Gasteiger partial charge in [0.2, 0.25) is 0 Å². The van der Waals surface area contributed by atoms with Crippen molar-refractivity contribution in [3.05, 3.63) is 48.5 Å². The van der Waals surface area contributed by atoms with E-state index in [0.717, 1.165) is 10.3 Å². The van der Waals surface area contributed by atoms with Crippen LogP contribution in [0, 0.1) is 0 Å². The van der Waals surface area contributed by atoms with E-state index in [4.69, 9.17) is 4.74 Å². The van der Waals surface area contributed by atoms with Crippen molar-refractivity contribution in [3.63, 3.8) is 0 Å². The third-order valence-corrected chi connectivity index (χ3v) is 3.00. The molecule has 0 atom stereocenters. The zero-order chi connectivity index (χ0) is 16.5. The highest BCUT2D eigenvalue weighted by molar-refractivity contribution is 5.79. The van der Waals surface area contributed by atoms with Gasteiger partial charge < -0.3 is 15.4 Å². The van der Waals surface area contributed by atoms with Gasteiger partial charge in [0.15, 0.2) is 5.96 Å². The summed E-state index contributed by atoms with van der Waals surface area (Å²) in [6.07, 6.45) is 2.58. The first-order chi connectivity index (χ1) is 11.2. The van der Waals surface area contributed by atoms with E-state index in [9.17, 15) is 8.78 Å². The highest BCUT2D eigenvalue weighted by Gasteiger charge is 2.11. The first-order valence-electron chi connectivity index (χ1n) is 7.13.